The molecule has 0 bridgehead atoms. The fourth-order valence-electron chi connectivity index (χ4n) is 4.27. The van der Waals surface area contributed by atoms with Crippen LogP contribution in [0.5, 0.6) is 11.5 Å². The summed E-state index contributed by atoms with van der Waals surface area (Å²) in [6.45, 7) is 1.32. The fourth-order valence-corrected chi connectivity index (χ4v) is 5.34. The summed E-state index contributed by atoms with van der Waals surface area (Å²) in [5.41, 5.74) is 1.21. The molecule has 4 rings (SSSR count). The molecule has 6 heteroatoms. The maximum atomic E-state index is 12.9. The third-order valence-corrected chi connectivity index (χ3v) is 7.19. The first-order valence-electron chi connectivity index (χ1n) is 10.1. The van der Waals surface area contributed by atoms with E-state index in [-0.39, 0.29) is 10.8 Å². The topological polar surface area (TPSA) is 64.6 Å². The Balaban J connectivity index is 1.52. The Morgan fingerprint density at radius 1 is 0.929 bits per heavy atom. The number of hydrogen-bond donors (Lipinski definition) is 1. The Morgan fingerprint density at radius 2 is 1.64 bits per heavy atom. The Labute approximate surface area is 167 Å². The van der Waals surface area contributed by atoms with Crippen molar-refractivity contribution in [2.24, 2.45) is 5.92 Å². The van der Waals surface area contributed by atoms with Crippen molar-refractivity contribution in [1.82, 2.24) is 4.72 Å². The molecule has 1 unspecified atom stereocenters. The van der Waals surface area contributed by atoms with Gasteiger partial charge in [0.2, 0.25) is 10.0 Å². The van der Waals surface area contributed by atoms with E-state index in [0.717, 1.165) is 12.8 Å². The van der Waals surface area contributed by atoms with Crippen molar-refractivity contribution in [3.8, 4) is 11.5 Å². The van der Waals surface area contributed by atoms with Crippen LogP contribution in [0.25, 0.3) is 0 Å². The highest BCUT2D eigenvalue weighted by Gasteiger charge is 2.27. The summed E-state index contributed by atoms with van der Waals surface area (Å²) in [4.78, 5) is 0.215. The molecule has 1 saturated carbocycles. The van der Waals surface area contributed by atoms with Crippen molar-refractivity contribution in [3.63, 3.8) is 0 Å². The first kappa shape index (κ1) is 19.3. The Hall–Kier alpha value is -2.05. The molecule has 1 heterocycles. The van der Waals surface area contributed by atoms with E-state index in [1.54, 1.807) is 18.2 Å². The van der Waals surface area contributed by atoms with E-state index < -0.39 is 10.0 Å². The zero-order valence-corrected chi connectivity index (χ0v) is 16.8. The lowest BCUT2D eigenvalue weighted by Crippen LogP contribution is -2.32. The molecule has 150 valence electrons. The van der Waals surface area contributed by atoms with Crippen LogP contribution in [0.4, 0.5) is 0 Å². The van der Waals surface area contributed by atoms with Crippen LogP contribution in [0.1, 0.15) is 43.6 Å². The van der Waals surface area contributed by atoms with Crippen LogP contribution >= 0.6 is 0 Å². The van der Waals surface area contributed by atoms with Crippen molar-refractivity contribution < 1.29 is 17.9 Å². The van der Waals surface area contributed by atoms with Crippen LogP contribution in [-0.4, -0.2) is 28.2 Å². The predicted octanol–water partition coefficient (Wildman–Crippen LogP) is 4.10. The smallest absolute Gasteiger partial charge is 0.240 e. The molecule has 1 fully saturated rings. The van der Waals surface area contributed by atoms with Gasteiger partial charge in [-0.15, -0.1) is 0 Å². The summed E-state index contributed by atoms with van der Waals surface area (Å²) in [5.74, 6) is 1.78. The molecule has 0 aromatic heterocycles. The molecule has 2 aliphatic rings. The normalized spacial score (nSPS) is 18.6. The Bertz CT molecular complexity index is 892. The third-order valence-electron chi connectivity index (χ3n) is 5.76. The summed E-state index contributed by atoms with van der Waals surface area (Å²) in [7, 11) is -3.62. The highest BCUT2D eigenvalue weighted by Crippen LogP contribution is 2.36. The van der Waals surface area contributed by atoms with Gasteiger partial charge in [-0.3, -0.25) is 0 Å². The van der Waals surface area contributed by atoms with E-state index in [2.05, 4.69) is 16.9 Å². The largest absolute Gasteiger partial charge is 0.486 e. The lowest BCUT2D eigenvalue weighted by atomic mass is 9.77. The predicted molar refractivity (Wildman–Crippen MR) is 108 cm³/mol. The van der Waals surface area contributed by atoms with Crippen LogP contribution < -0.4 is 14.2 Å². The van der Waals surface area contributed by atoms with Crippen LogP contribution in [0.3, 0.4) is 0 Å². The van der Waals surface area contributed by atoms with E-state index in [1.165, 1.54) is 24.8 Å². The molecular formula is C22H27NO4S. The van der Waals surface area contributed by atoms with Gasteiger partial charge in [0.25, 0.3) is 0 Å². The van der Waals surface area contributed by atoms with Gasteiger partial charge in [0, 0.05) is 18.5 Å². The second kappa shape index (κ2) is 8.53. The van der Waals surface area contributed by atoms with Gasteiger partial charge in [-0.25, -0.2) is 13.1 Å². The molecule has 5 nitrogen and oxygen atoms in total. The second-order valence-electron chi connectivity index (χ2n) is 7.57. The molecule has 1 aliphatic heterocycles. The van der Waals surface area contributed by atoms with E-state index in [0.29, 0.717) is 37.2 Å². The van der Waals surface area contributed by atoms with Crippen molar-refractivity contribution in [3.05, 3.63) is 54.1 Å². The van der Waals surface area contributed by atoms with Gasteiger partial charge in [0.05, 0.1) is 4.90 Å². The molecular weight excluding hydrogens is 374 g/mol. The van der Waals surface area contributed by atoms with Crippen molar-refractivity contribution in [2.45, 2.75) is 42.9 Å². The standard InChI is InChI=1S/C22H27NO4S/c24-28(25,19-11-12-21-22(15-19)27-14-13-26-21)23-16-20(17-7-3-1-4-8-17)18-9-5-2-6-10-18/h1,3-4,7-8,11-12,15,18,20,23H,2,5-6,9-10,13-14,16H2. The van der Waals surface area contributed by atoms with Gasteiger partial charge in [-0.2, -0.15) is 0 Å². The van der Waals surface area contributed by atoms with Gasteiger partial charge in [-0.1, -0.05) is 49.6 Å². The molecule has 0 amide bonds. The summed E-state index contributed by atoms with van der Waals surface area (Å²) in [6.07, 6.45) is 6.05. The molecule has 28 heavy (non-hydrogen) atoms. The van der Waals surface area contributed by atoms with Crippen molar-refractivity contribution >= 4 is 10.0 Å². The zero-order valence-electron chi connectivity index (χ0n) is 16.0. The van der Waals surface area contributed by atoms with E-state index in [1.807, 2.05) is 18.2 Å². The molecule has 2 aromatic carbocycles. The first-order valence-corrected chi connectivity index (χ1v) is 11.6. The molecule has 0 saturated heterocycles. The first-order chi connectivity index (χ1) is 13.6. The highest BCUT2D eigenvalue weighted by atomic mass is 32.2. The fraction of sp³-hybridized carbons (Fsp3) is 0.455. The Kier molecular flexibility index (Phi) is 5.87. The highest BCUT2D eigenvalue weighted by molar-refractivity contribution is 7.89. The minimum absolute atomic E-state index is 0.188. The minimum atomic E-state index is -3.62. The number of rotatable bonds is 6. The van der Waals surface area contributed by atoms with Gasteiger partial charge in [-0.05, 0) is 36.5 Å². The molecule has 2 aromatic rings. The quantitative estimate of drug-likeness (QED) is 0.791. The third kappa shape index (κ3) is 4.33. The molecule has 1 N–H and O–H groups in total. The minimum Gasteiger partial charge on any atom is -0.486 e. The maximum absolute atomic E-state index is 12.9. The van der Waals surface area contributed by atoms with E-state index in [4.69, 9.17) is 9.47 Å². The number of hydrogen-bond acceptors (Lipinski definition) is 4. The summed E-state index contributed by atoms with van der Waals surface area (Å²) < 4.78 is 39.7. The molecule has 0 spiro atoms. The van der Waals surface area contributed by atoms with Crippen LogP contribution in [0.15, 0.2) is 53.4 Å². The van der Waals surface area contributed by atoms with Crippen molar-refractivity contribution in [1.29, 1.82) is 0 Å². The van der Waals surface area contributed by atoms with Gasteiger partial charge in [0.1, 0.15) is 13.2 Å². The van der Waals surface area contributed by atoms with Crippen LogP contribution in [0.2, 0.25) is 0 Å². The maximum Gasteiger partial charge on any atom is 0.240 e. The van der Waals surface area contributed by atoms with Crippen LogP contribution in [-0.2, 0) is 10.0 Å². The molecule has 1 aliphatic carbocycles. The Morgan fingerprint density at radius 3 is 2.39 bits per heavy atom. The lowest BCUT2D eigenvalue weighted by molar-refractivity contribution is 0.171. The molecule has 1 atom stereocenters. The second-order valence-corrected chi connectivity index (χ2v) is 9.34. The van der Waals surface area contributed by atoms with Gasteiger partial charge < -0.3 is 9.47 Å². The van der Waals surface area contributed by atoms with Gasteiger partial charge >= 0.3 is 0 Å². The SMILES string of the molecule is O=S(=O)(NCC(c1ccccc1)C1CCCCC1)c1ccc2c(c1)OCCO2. The zero-order chi connectivity index (χ0) is 19.4. The number of nitrogens with one attached hydrogen (secondary N) is 1. The van der Waals surface area contributed by atoms with Crippen LogP contribution in [0, 0.1) is 5.92 Å². The number of fused-ring (bicyclic) bond motifs is 1. The lowest BCUT2D eigenvalue weighted by Gasteiger charge is -2.31. The summed E-state index contributed by atoms with van der Waals surface area (Å²) >= 11 is 0. The number of ether oxygens (including phenoxy) is 2. The molecule has 0 radical (unpaired) electrons. The van der Waals surface area contributed by atoms with E-state index >= 15 is 0 Å². The average molecular weight is 402 g/mol. The number of benzene rings is 2. The average Bonchev–Trinajstić information content (AvgIpc) is 2.75. The van der Waals surface area contributed by atoms with Gasteiger partial charge in [0.15, 0.2) is 11.5 Å². The van der Waals surface area contributed by atoms with Crippen molar-refractivity contribution in [2.75, 3.05) is 19.8 Å². The summed E-state index contributed by atoms with van der Waals surface area (Å²) in [5, 5.41) is 0. The van der Waals surface area contributed by atoms with E-state index in [9.17, 15) is 8.42 Å². The monoisotopic (exact) mass is 401 g/mol. The summed E-state index contributed by atoms with van der Waals surface area (Å²) in [6, 6.07) is 15.1. The number of sulfonamides is 1.